The lowest BCUT2D eigenvalue weighted by Crippen LogP contribution is -2.32. The number of carbonyl (C=O) groups excluding carboxylic acids is 1. The number of carbonyl (C=O) groups is 1. The second-order valence-electron chi connectivity index (χ2n) is 9.22. The number of amides is 1. The van der Waals surface area contributed by atoms with Crippen LogP contribution in [0.1, 0.15) is 48.4 Å². The van der Waals surface area contributed by atoms with E-state index in [9.17, 15) is 4.79 Å². The maximum absolute atomic E-state index is 12.5. The van der Waals surface area contributed by atoms with Crippen molar-refractivity contribution in [3.05, 3.63) is 71.8 Å². The molecule has 0 bridgehead atoms. The van der Waals surface area contributed by atoms with Gasteiger partial charge < -0.3 is 10.2 Å². The van der Waals surface area contributed by atoms with Crippen molar-refractivity contribution in [3.8, 4) is 11.1 Å². The number of aromatic nitrogens is 3. The van der Waals surface area contributed by atoms with Gasteiger partial charge in [-0.05, 0) is 67.3 Å². The third kappa shape index (κ3) is 5.75. The third-order valence-corrected chi connectivity index (χ3v) is 6.63. The molecule has 0 aliphatic heterocycles. The van der Waals surface area contributed by atoms with Crippen molar-refractivity contribution in [2.45, 2.75) is 44.9 Å². The summed E-state index contributed by atoms with van der Waals surface area (Å²) in [5.41, 5.74) is 5.60. The topological polar surface area (TPSA) is 71.0 Å². The Bertz CT molecular complexity index is 1070. The van der Waals surface area contributed by atoms with Gasteiger partial charge in [-0.2, -0.15) is 0 Å². The molecule has 3 aromatic rings. The van der Waals surface area contributed by atoms with Crippen LogP contribution in [-0.2, 0) is 11.2 Å². The van der Waals surface area contributed by atoms with E-state index in [2.05, 4.69) is 28.3 Å². The Morgan fingerprint density at radius 1 is 1.06 bits per heavy atom. The second-order valence-corrected chi connectivity index (χ2v) is 9.22. The molecule has 0 saturated heterocycles. The van der Waals surface area contributed by atoms with Crippen LogP contribution in [0.4, 0.5) is 5.95 Å². The Morgan fingerprint density at radius 3 is 2.48 bits per heavy atom. The standard InChI is InChI=1S/C27H33N5O/c1-19-6-4-5-7-23(19)16-25(33)29-17-20-8-10-22(11-9-20)26-24(21-12-14-28-15-13-21)18-30-27(31-26)32(2)3/h4-7,12-15,18,20,22H,8-11,16-17H2,1-3H3,(H,29,33). The summed E-state index contributed by atoms with van der Waals surface area (Å²) in [4.78, 5) is 28.1. The lowest BCUT2D eigenvalue weighted by molar-refractivity contribution is -0.120. The smallest absolute Gasteiger partial charge is 0.225 e. The molecule has 1 fully saturated rings. The van der Waals surface area contributed by atoms with E-state index in [1.165, 1.54) is 5.56 Å². The van der Waals surface area contributed by atoms with Crippen LogP contribution in [0, 0.1) is 12.8 Å². The summed E-state index contributed by atoms with van der Waals surface area (Å²) in [6.45, 7) is 2.81. The van der Waals surface area contributed by atoms with Gasteiger partial charge in [0.25, 0.3) is 0 Å². The molecule has 6 heteroatoms. The maximum atomic E-state index is 12.5. The first-order chi connectivity index (χ1) is 16.0. The molecule has 1 aliphatic carbocycles. The summed E-state index contributed by atoms with van der Waals surface area (Å²) in [5, 5.41) is 3.17. The predicted molar refractivity (Wildman–Crippen MR) is 132 cm³/mol. The van der Waals surface area contributed by atoms with E-state index in [1.807, 2.05) is 67.9 Å². The average Bonchev–Trinajstić information content (AvgIpc) is 2.84. The Kier molecular flexibility index (Phi) is 7.33. The van der Waals surface area contributed by atoms with Crippen molar-refractivity contribution in [3.63, 3.8) is 0 Å². The summed E-state index contributed by atoms with van der Waals surface area (Å²) in [6.07, 6.45) is 10.3. The van der Waals surface area contributed by atoms with Gasteiger partial charge in [-0.3, -0.25) is 9.78 Å². The van der Waals surface area contributed by atoms with Crippen LogP contribution in [-0.4, -0.2) is 41.5 Å². The summed E-state index contributed by atoms with van der Waals surface area (Å²) in [7, 11) is 3.95. The van der Waals surface area contributed by atoms with Crippen LogP contribution in [0.3, 0.4) is 0 Å². The maximum Gasteiger partial charge on any atom is 0.225 e. The van der Waals surface area contributed by atoms with E-state index in [-0.39, 0.29) is 5.91 Å². The zero-order valence-electron chi connectivity index (χ0n) is 19.8. The Balaban J connectivity index is 1.38. The third-order valence-electron chi connectivity index (χ3n) is 6.63. The SMILES string of the molecule is Cc1ccccc1CC(=O)NCC1CCC(c2nc(N(C)C)ncc2-c2ccncc2)CC1. The van der Waals surface area contributed by atoms with Gasteiger partial charge in [-0.15, -0.1) is 0 Å². The molecule has 1 N–H and O–H groups in total. The highest BCUT2D eigenvalue weighted by Crippen LogP contribution is 2.39. The number of hydrogen-bond acceptors (Lipinski definition) is 5. The van der Waals surface area contributed by atoms with Crippen LogP contribution >= 0.6 is 0 Å². The minimum atomic E-state index is 0.109. The predicted octanol–water partition coefficient (Wildman–Crippen LogP) is 4.55. The fourth-order valence-electron chi connectivity index (χ4n) is 4.61. The quantitative estimate of drug-likeness (QED) is 0.580. The molecule has 1 amide bonds. The van der Waals surface area contributed by atoms with Gasteiger partial charge in [0, 0.05) is 50.7 Å². The van der Waals surface area contributed by atoms with Gasteiger partial charge in [0.15, 0.2) is 0 Å². The summed E-state index contributed by atoms with van der Waals surface area (Å²) < 4.78 is 0. The molecule has 1 aromatic carbocycles. The fraction of sp³-hybridized carbons (Fsp3) is 0.407. The summed E-state index contributed by atoms with van der Waals surface area (Å²) in [5.74, 6) is 1.77. The second kappa shape index (κ2) is 10.6. The number of anilines is 1. The van der Waals surface area contributed by atoms with Gasteiger partial charge in [0.2, 0.25) is 11.9 Å². The molecular formula is C27H33N5O. The number of nitrogens with zero attached hydrogens (tertiary/aromatic N) is 4. The van der Waals surface area contributed by atoms with E-state index in [4.69, 9.17) is 4.98 Å². The fourth-order valence-corrected chi connectivity index (χ4v) is 4.61. The lowest BCUT2D eigenvalue weighted by Gasteiger charge is -2.30. The zero-order valence-corrected chi connectivity index (χ0v) is 19.8. The van der Waals surface area contributed by atoms with Crippen molar-refractivity contribution in [1.82, 2.24) is 20.3 Å². The molecule has 0 radical (unpaired) electrons. The van der Waals surface area contributed by atoms with E-state index >= 15 is 0 Å². The first-order valence-corrected chi connectivity index (χ1v) is 11.8. The van der Waals surface area contributed by atoms with Crippen molar-refractivity contribution in [2.24, 2.45) is 5.92 Å². The highest BCUT2D eigenvalue weighted by atomic mass is 16.1. The minimum absolute atomic E-state index is 0.109. The van der Waals surface area contributed by atoms with Gasteiger partial charge in [-0.1, -0.05) is 24.3 Å². The Hall–Kier alpha value is -3.28. The van der Waals surface area contributed by atoms with E-state index in [0.29, 0.717) is 18.3 Å². The molecule has 33 heavy (non-hydrogen) atoms. The highest BCUT2D eigenvalue weighted by Gasteiger charge is 2.26. The Morgan fingerprint density at radius 2 is 1.79 bits per heavy atom. The number of hydrogen-bond donors (Lipinski definition) is 1. The van der Waals surface area contributed by atoms with Crippen LogP contribution in [0.15, 0.2) is 55.0 Å². The molecule has 0 unspecified atom stereocenters. The van der Waals surface area contributed by atoms with Crippen LogP contribution in [0.25, 0.3) is 11.1 Å². The van der Waals surface area contributed by atoms with E-state index < -0.39 is 0 Å². The van der Waals surface area contributed by atoms with Crippen LogP contribution < -0.4 is 10.2 Å². The van der Waals surface area contributed by atoms with Crippen molar-refractivity contribution < 1.29 is 4.79 Å². The van der Waals surface area contributed by atoms with Crippen molar-refractivity contribution in [1.29, 1.82) is 0 Å². The molecule has 0 spiro atoms. The molecule has 172 valence electrons. The first kappa shape index (κ1) is 22.9. The number of benzene rings is 1. The monoisotopic (exact) mass is 443 g/mol. The average molecular weight is 444 g/mol. The van der Waals surface area contributed by atoms with Crippen LogP contribution in [0.5, 0.6) is 0 Å². The Labute approximate surface area is 196 Å². The van der Waals surface area contributed by atoms with Gasteiger partial charge in [0.1, 0.15) is 0 Å². The number of nitrogens with one attached hydrogen (secondary N) is 1. The molecular weight excluding hydrogens is 410 g/mol. The molecule has 2 heterocycles. The molecule has 4 rings (SSSR count). The highest BCUT2D eigenvalue weighted by molar-refractivity contribution is 5.78. The van der Waals surface area contributed by atoms with Gasteiger partial charge >= 0.3 is 0 Å². The number of aryl methyl sites for hydroxylation is 1. The molecule has 1 saturated carbocycles. The molecule has 6 nitrogen and oxygen atoms in total. The lowest BCUT2D eigenvalue weighted by atomic mass is 9.79. The first-order valence-electron chi connectivity index (χ1n) is 11.8. The summed E-state index contributed by atoms with van der Waals surface area (Å²) >= 11 is 0. The normalized spacial score (nSPS) is 18.0. The summed E-state index contributed by atoms with van der Waals surface area (Å²) in [6, 6.07) is 12.1. The van der Waals surface area contributed by atoms with Crippen molar-refractivity contribution >= 4 is 11.9 Å². The molecule has 1 aliphatic rings. The zero-order chi connectivity index (χ0) is 23.2. The van der Waals surface area contributed by atoms with Gasteiger partial charge in [-0.25, -0.2) is 9.97 Å². The van der Waals surface area contributed by atoms with Gasteiger partial charge in [0.05, 0.1) is 12.1 Å². The van der Waals surface area contributed by atoms with Crippen molar-refractivity contribution in [2.75, 3.05) is 25.5 Å². The number of rotatable bonds is 7. The number of pyridine rings is 1. The molecule has 0 atom stereocenters. The van der Waals surface area contributed by atoms with Crippen LogP contribution in [0.2, 0.25) is 0 Å². The minimum Gasteiger partial charge on any atom is -0.356 e. The largest absolute Gasteiger partial charge is 0.356 e. The van der Waals surface area contributed by atoms with E-state index in [0.717, 1.165) is 60.6 Å². The molecule has 2 aromatic heterocycles. The van der Waals surface area contributed by atoms with E-state index in [1.54, 1.807) is 0 Å².